The fourth-order valence-corrected chi connectivity index (χ4v) is 0. The SMILES string of the molecule is [B][P+]([O-])([O-])[O-]. The van der Waals surface area contributed by atoms with E-state index in [1.165, 1.54) is 0 Å². The lowest BCUT2D eigenvalue weighted by molar-refractivity contribution is -0.416. The van der Waals surface area contributed by atoms with Crippen LogP contribution in [0.15, 0.2) is 0 Å². The van der Waals surface area contributed by atoms with Crippen molar-refractivity contribution in [1.82, 2.24) is 0 Å². The van der Waals surface area contributed by atoms with E-state index in [0.29, 0.717) is 0 Å². The van der Waals surface area contributed by atoms with Crippen LogP contribution in [0.4, 0.5) is 0 Å². The smallest absolute Gasteiger partial charge is 0.343 e. The molecular formula is BO3P-2. The van der Waals surface area contributed by atoms with Crippen molar-refractivity contribution in [3.63, 3.8) is 0 Å². The second-order valence-electron chi connectivity index (χ2n) is 0.540. The Balaban J connectivity index is 3.02. The van der Waals surface area contributed by atoms with E-state index < -0.39 is 7.82 Å². The zero-order valence-electron chi connectivity index (χ0n) is 2.25. The molecule has 0 atom stereocenters. The fourth-order valence-electron chi connectivity index (χ4n) is 0. The van der Waals surface area contributed by atoms with E-state index in [9.17, 15) is 0 Å². The van der Waals surface area contributed by atoms with Gasteiger partial charge in [-0.25, -0.2) is 7.82 Å². The van der Waals surface area contributed by atoms with Crippen LogP contribution >= 0.6 is 7.82 Å². The number of rotatable bonds is 0. The molecule has 28 valence electrons. The third-order valence-electron chi connectivity index (χ3n) is 0. The summed E-state index contributed by atoms with van der Waals surface area (Å²) in [5, 5.41) is 0. The van der Waals surface area contributed by atoms with Crippen molar-refractivity contribution < 1.29 is 14.7 Å². The third kappa shape index (κ3) is 176. The molecule has 5 heteroatoms. The average molecular weight is 89.8 g/mol. The molecule has 0 aromatic rings. The number of hydrogen-bond acceptors (Lipinski definition) is 3. The summed E-state index contributed by atoms with van der Waals surface area (Å²) in [6.07, 6.45) is 0. The van der Waals surface area contributed by atoms with Crippen LogP contribution in [0.3, 0.4) is 0 Å². The van der Waals surface area contributed by atoms with E-state index >= 15 is 0 Å². The maximum Gasteiger partial charge on any atom is 0.343 e. The molecule has 2 radical (unpaired) electrons. The number of hydrogen-bond donors (Lipinski definition) is 0. The highest BCUT2D eigenvalue weighted by atomic mass is 31.2. The van der Waals surface area contributed by atoms with Gasteiger partial charge in [-0.05, 0) is 0 Å². The largest absolute Gasteiger partial charge is 0.702 e. The highest BCUT2D eigenvalue weighted by Gasteiger charge is 1.73. The molecule has 5 heavy (non-hydrogen) atoms. The fraction of sp³-hybridized carbons (Fsp3) is 0. The van der Waals surface area contributed by atoms with Gasteiger partial charge in [0.05, 0.1) is 0 Å². The summed E-state index contributed by atoms with van der Waals surface area (Å²) >= 11 is 0. The Morgan fingerprint density at radius 2 is 1.20 bits per heavy atom. The first-order chi connectivity index (χ1) is 2.00. The first-order valence-electron chi connectivity index (χ1n) is 0.806. The van der Waals surface area contributed by atoms with Crippen molar-refractivity contribution in [3.8, 4) is 0 Å². The lowest BCUT2D eigenvalue weighted by atomic mass is 10.8. The van der Waals surface area contributed by atoms with Crippen molar-refractivity contribution in [2.24, 2.45) is 0 Å². The molecule has 0 bridgehead atoms. The summed E-state index contributed by atoms with van der Waals surface area (Å²) in [5.74, 6) is 0. The van der Waals surface area contributed by atoms with E-state index in [1.807, 2.05) is 0 Å². The molecule has 0 saturated carbocycles. The van der Waals surface area contributed by atoms with Crippen LogP contribution in [0, 0.1) is 0 Å². The van der Waals surface area contributed by atoms with Crippen LogP contribution in [-0.2, 0) is 0 Å². The van der Waals surface area contributed by atoms with Crippen molar-refractivity contribution in [3.05, 3.63) is 0 Å². The second-order valence-corrected chi connectivity index (χ2v) is 1.62. The van der Waals surface area contributed by atoms with Crippen molar-refractivity contribution >= 4 is 15.4 Å². The van der Waals surface area contributed by atoms with Gasteiger partial charge in [0.1, 0.15) is 0 Å². The summed E-state index contributed by atoms with van der Waals surface area (Å²) in [6, 6.07) is 0. The lowest BCUT2D eigenvalue weighted by Gasteiger charge is -2.38. The van der Waals surface area contributed by atoms with Crippen molar-refractivity contribution in [1.29, 1.82) is 0 Å². The minimum absolute atomic E-state index is 3.80. The molecule has 3 nitrogen and oxygen atoms in total. The Morgan fingerprint density at radius 1 is 1.20 bits per heavy atom. The molecule has 0 aliphatic carbocycles. The minimum Gasteiger partial charge on any atom is -0.702 e. The van der Waals surface area contributed by atoms with E-state index in [0.717, 1.165) is 0 Å². The maximum absolute atomic E-state index is 8.88. The highest BCUT2D eigenvalue weighted by Crippen LogP contribution is 2.15. The van der Waals surface area contributed by atoms with Gasteiger partial charge in [-0.3, -0.25) is 0 Å². The van der Waals surface area contributed by atoms with Gasteiger partial charge in [-0.1, -0.05) is 0 Å². The van der Waals surface area contributed by atoms with Gasteiger partial charge in [0.25, 0.3) is 0 Å². The first kappa shape index (κ1) is 5.37. The maximum atomic E-state index is 8.88. The molecule has 0 heterocycles. The molecular weight excluding hydrogens is 89.8 g/mol. The Kier molecular flexibility index (Phi) is 1.32. The predicted octanol–water partition coefficient (Wildman–Crippen LogP) is -3.09. The molecule has 0 rings (SSSR count). The van der Waals surface area contributed by atoms with Crippen LogP contribution in [0.2, 0.25) is 0 Å². The minimum atomic E-state index is -4.64. The Hall–Kier alpha value is 0.375. The van der Waals surface area contributed by atoms with Gasteiger partial charge in [-0.15, -0.1) is 0 Å². The van der Waals surface area contributed by atoms with Gasteiger partial charge in [0.15, 0.2) is 0 Å². The van der Waals surface area contributed by atoms with E-state index in [4.69, 9.17) is 14.7 Å². The molecule has 0 unspecified atom stereocenters. The lowest BCUT2D eigenvalue weighted by Crippen LogP contribution is -2.31. The monoisotopic (exact) mass is 90.0 g/mol. The molecule has 0 N–H and O–H groups in total. The molecule has 0 amide bonds. The zero-order valence-corrected chi connectivity index (χ0v) is 3.14. The molecule has 0 aromatic carbocycles. The summed E-state index contributed by atoms with van der Waals surface area (Å²) < 4.78 is 0. The Bertz CT molecular complexity index is 22.4. The van der Waals surface area contributed by atoms with Gasteiger partial charge in [-0.2, -0.15) is 0 Å². The van der Waals surface area contributed by atoms with E-state index in [1.54, 1.807) is 0 Å². The van der Waals surface area contributed by atoms with Crippen LogP contribution in [-0.4, -0.2) is 7.57 Å². The summed E-state index contributed by atoms with van der Waals surface area (Å²) in [4.78, 5) is 26.6. The van der Waals surface area contributed by atoms with E-state index in [2.05, 4.69) is 7.57 Å². The zero-order chi connectivity index (χ0) is 4.50. The van der Waals surface area contributed by atoms with E-state index in [-0.39, 0.29) is 0 Å². The molecule has 0 saturated heterocycles. The predicted molar refractivity (Wildman–Crippen MR) is 12.7 cm³/mol. The standard InChI is InChI=1S/BH2O3P/c1-5(2,3)4/h(H2,2,3,4)/p-2. The third-order valence-corrected chi connectivity index (χ3v) is 0. The van der Waals surface area contributed by atoms with Gasteiger partial charge < -0.3 is 14.7 Å². The Morgan fingerprint density at radius 3 is 1.20 bits per heavy atom. The molecule has 0 fully saturated rings. The van der Waals surface area contributed by atoms with Crippen molar-refractivity contribution in [2.75, 3.05) is 0 Å². The Labute approximate surface area is 31.2 Å². The summed E-state index contributed by atoms with van der Waals surface area (Å²) in [7, 11) is -0.840. The average Bonchev–Trinajstić information content (AvgIpc) is 0.722. The van der Waals surface area contributed by atoms with Gasteiger partial charge >= 0.3 is 7.57 Å². The van der Waals surface area contributed by atoms with Crippen LogP contribution in [0.25, 0.3) is 0 Å². The van der Waals surface area contributed by atoms with Crippen LogP contribution < -0.4 is 14.7 Å². The molecule has 0 aliphatic rings. The normalized spacial score (nSPS) is 11.8. The first-order valence-corrected chi connectivity index (χ1v) is 2.42. The topological polar surface area (TPSA) is 69.2 Å². The van der Waals surface area contributed by atoms with Crippen molar-refractivity contribution in [2.45, 2.75) is 0 Å². The van der Waals surface area contributed by atoms with Gasteiger partial charge in [0.2, 0.25) is 0 Å². The summed E-state index contributed by atoms with van der Waals surface area (Å²) in [6.45, 7) is 0. The second kappa shape index (κ2) is 1.23. The quantitative estimate of drug-likeness (QED) is 0.234. The molecule has 0 spiro atoms. The summed E-state index contributed by atoms with van der Waals surface area (Å²) in [5.41, 5.74) is 0. The van der Waals surface area contributed by atoms with Crippen LogP contribution in [0.5, 0.6) is 0 Å². The van der Waals surface area contributed by atoms with Gasteiger partial charge in [0, 0.05) is 0 Å². The van der Waals surface area contributed by atoms with Crippen LogP contribution in [0.1, 0.15) is 0 Å². The molecule has 0 aromatic heterocycles. The molecule has 0 aliphatic heterocycles. The highest BCUT2D eigenvalue weighted by molar-refractivity contribution is 7.80.